The summed E-state index contributed by atoms with van der Waals surface area (Å²) in [4.78, 5) is 14.1. The lowest BCUT2D eigenvalue weighted by Crippen LogP contribution is -2.17. The van der Waals surface area contributed by atoms with Gasteiger partial charge in [-0.3, -0.25) is 0 Å². The first-order chi connectivity index (χ1) is 17.0. The van der Waals surface area contributed by atoms with E-state index in [-0.39, 0.29) is 11.9 Å². The summed E-state index contributed by atoms with van der Waals surface area (Å²) < 4.78 is 11.2. The molecule has 4 aromatic rings. The Morgan fingerprint density at radius 3 is 1.83 bits per heavy atom. The van der Waals surface area contributed by atoms with Gasteiger partial charge in [0.1, 0.15) is 24.2 Å². The molecule has 1 heterocycles. The molecule has 1 aromatic heterocycles. The first-order valence-electron chi connectivity index (χ1n) is 11.5. The molecule has 6 nitrogen and oxygen atoms in total. The maximum atomic E-state index is 10.8. The quantitative estimate of drug-likeness (QED) is 0.313. The van der Waals surface area contributed by atoms with Crippen LogP contribution in [-0.4, -0.2) is 39.9 Å². The van der Waals surface area contributed by atoms with E-state index in [1.165, 1.54) is 0 Å². The van der Waals surface area contributed by atoms with Crippen molar-refractivity contribution in [1.82, 2.24) is 15.0 Å². The van der Waals surface area contributed by atoms with Gasteiger partial charge in [0.05, 0.1) is 5.56 Å². The van der Waals surface area contributed by atoms with Crippen LogP contribution < -0.4 is 4.74 Å². The SMILES string of the molecule is CC=CC(COc1ccc(-c2nc(-c3ccc(C)cc3)nc(-c3ccc(C)cc3)n2)c(O)c1)OC. The highest BCUT2D eigenvalue weighted by atomic mass is 16.5. The zero-order valence-corrected chi connectivity index (χ0v) is 20.4. The van der Waals surface area contributed by atoms with Gasteiger partial charge < -0.3 is 14.6 Å². The van der Waals surface area contributed by atoms with Gasteiger partial charge in [-0.2, -0.15) is 0 Å². The Labute approximate surface area is 206 Å². The minimum absolute atomic E-state index is 0.0263. The summed E-state index contributed by atoms with van der Waals surface area (Å²) in [7, 11) is 1.63. The van der Waals surface area contributed by atoms with E-state index in [0.29, 0.717) is 35.4 Å². The number of aromatic nitrogens is 3. The number of phenols is 1. The van der Waals surface area contributed by atoms with Crippen LogP contribution in [0.25, 0.3) is 34.2 Å². The highest BCUT2D eigenvalue weighted by Crippen LogP contribution is 2.33. The Balaban J connectivity index is 1.72. The van der Waals surface area contributed by atoms with Gasteiger partial charge in [-0.15, -0.1) is 0 Å². The Kier molecular flexibility index (Phi) is 7.53. The Bertz CT molecular complexity index is 1250. The maximum Gasteiger partial charge on any atom is 0.167 e. The van der Waals surface area contributed by atoms with Crippen molar-refractivity contribution >= 4 is 0 Å². The molecule has 1 N–H and O–H groups in total. The van der Waals surface area contributed by atoms with E-state index >= 15 is 0 Å². The molecule has 0 aliphatic carbocycles. The van der Waals surface area contributed by atoms with E-state index in [2.05, 4.69) is 0 Å². The summed E-state index contributed by atoms with van der Waals surface area (Å²) in [5.41, 5.74) is 4.56. The van der Waals surface area contributed by atoms with Crippen molar-refractivity contribution in [3.8, 4) is 45.7 Å². The molecule has 178 valence electrons. The molecule has 0 amide bonds. The third-order valence-corrected chi connectivity index (χ3v) is 5.59. The molecule has 0 aliphatic rings. The van der Waals surface area contributed by atoms with Crippen LogP contribution in [0.15, 0.2) is 78.9 Å². The largest absolute Gasteiger partial charge is 0.507 e. The van der Waals surface area contributed by atoms with Crippen LogP contribution in [0, 0.1) is 13.8 Å². The average Bonchev–Trinajstić information content (AvgIpc) is 2.87. The molecule has 1 unspecified atom stereocenters. The first kappa shape index (κ1) is 24.1. The first-order valence-corrected chi connectivity index (χ1v) is 11.5. The number of methoxy groups -OCH3 is 1. The number of aromatic hydroxyl groups is 1. The van der Waals surface area contributed by atoms with E-state index in [4.69, 9.17) is 24.4 Å². The van der Waals surface area contributed by atoms with Crippen LogP contribution in [-0.2, 0) is 4.74 Å². The molecular formula is C29H29N3O3. The second kappa shape index (κ2) is 10.9. The monoisotopic (exact) mass is 467 g/mol. The molecule has 0 saturated heterocycles. The predicted octanol–water partition coefficient (Wildman–Crippen LogP) is 6.16. The van der Waals surface area contributed by atoms with Crippen molar-refractivity contribution in [2.75, 3.05) is 13.7 Å². The smallest absolute Gasteiger partial charge is 0.167 e. The van der Waals surface area contributed by atoms with Gasteiger partial charge in [0.2, 0.25) is 0 Å². The Morgan fingerprint density at radius 2 is 1.34 bits per heavy atom. The number of hydrogen-bond donors (Lipinski definition) is 1. The minimum atomic E-state index is -0.167. The van der Waals surface area contributed by atoms with E-state index in [0.717, 1.165) is 22.3 Å². The molecule has 0 saturated carbocycles. The Morgan fingerprint density at radius 1 is 0.800 bits per heavy atom. The zero-order valence-electron chi connectivity index (χ0n) is 20.4. The van der Waals surface area contributed by atoms with Crippen LogP contribution in [0.5, 0.6) is 11.5 Å². The molecule has 4 rings (SSSR count). The normalized spacial score (nSPS) is 12.1. The number of allylic oxidation sites excluding steroid dienone is 1. The summed E-state index contributed by atoms with van der Waals surface area (Å²) in [6.45, 7) is 6.34. The van der Waals surface area contributed by atoms with Crippen molar-refractivity contribution < 1.29 is 14.6 Å². The number of phenolic OH excluding ortho intramolecular Hbond substituents is 1. The standard InChI is InChI=1S/C29H29N3O3/c1-5-6-24(34-4)18-35-23-15-16-25(26(33)17-23)29-31-27(21-11-7-19(2)8-12-21)30-28(32-29)22-13-9-20(3)10-14-22/h5-17,24,33H,18H2,1-4H3. The summed E-state index contributed by atoms with van der Waals surface area (Å²) >= 11 is 0. The number of hydrogen-bond acceptors (Lipinski definition) is 6. The summed E-state index contributed by atoms with van der Waals surface area (Å²) in [6.07, 6.45) is 3.66. The van der Waals surface area contributed by atoms with Crippen LogP contribution in [0.3, 0.4) is 0 Å². The van der Waals surface area contributed by atoms with Crippen molar-refractivity contribution in [3.05, 3.63) is 90.0 Å². The number of benzene rings is 3. The number of aryl methyl sites for hydroxylation is 2. The zero-order chi connectivity index (χ0) is 24.8. The van der Waals surface area contributed by atoms with Crippen molar-refractivity contribution in [2.24, 2.45) is 0 Å². The Hall–Kier alpha value is -4.03. The maximum absolute atomic E-state index is 10.8. The van der Waals surface area contributed by atoms with Crippen molar-refractivity contribution in [2.45, 2.75) is 26.9 Å². The third kappa shape index (κ3) is 5.91. The van der Waals surface area contributed by atoms with E-state index < -0.39 is 0 Å². The average molecular weight is 468 g/mol. The summed E-state index contributed by atoms with van der Waals surface area (Å²) in [6, 6.07) is 21.2. The molecule has 0 fully saturated rings. The molecule has 0 bridgehead atoms. The van der Waals surface area contributed by atoms with Gasteiger partial charge in [0.25, 0.3) is 0 Å². The third-order valence-electron chi connectivity index (χ3n) is 5.59. The number of rotatable bonds is 8. The molecule has 0 radical (unpaired) electrons. The molecule has 3 aromatic carbocycles. The second-order valence-electron chi connectivity index (χ2n) is 8.33. The molecule has 1 atom stereocenters. The van der Waals surface area contributed by atoms with Gasteiger partial charge in [0.15, 0.2) is 17.5 Å². The fourth-order valence-corrected chi connectivity index (χ4v) is 3.55. The molecule has 6 heteroatoms. The lowest BCUT2D eigenvalue weighted by atomic mass is 10.1. The van der Waals surface area contributed by atoms with E-state index in [1.807, 2.05) is 81.5 Å². The van der Waals surface area contributed by atoms with Gasteiger partial charge in [-0.25, -0.2) is 15.0 Å². The molecule has 0 spiro atoms. The minimum Gasteiger partial charge on any atom is -0.507 e. The highest BCUT2D eigenvalue weighted by molar-refractivity contribution is 5.70. The predicted molar refractivity (Wildman–Crippen MR) is 138 cm³/mol. The fourth-order valence-electron chi connectivity index (χ4n) is 3.55. The molecule has 35 heavy (non-hydrogen) atoms. The summed E-state index contributed by atoms with van der Waals surface area (Å²) in [5, 5.41) is 10.8. The highest BCUT2D eigenvalue weighted by Gasteiger charge is 2.16. The number of nitrogens with zero attached hydrogens (tertiary/aromatic N) is 3. The number of ether oxygens (including phenoxy) is 2. The second-order valence-corrected chi connectivity index (χ2v) is 8.33. The molecule has 0 aliphatic heterocycles. The van der Waals surface area contributed by atoms with Gasteiger partial charge >= 0.3 is 0 Å². The van der Waals surface area contributed by atoms with Crippen LogP contribution in [0.4, 0.5) is 0 Å². The van der Waals surface area contributed by atoms with Crippen molar-refractivity contribution in [1.29, 1.82) is 0 Å². The lowest BCUT2D eigenvalue weighted by Gasteiger charge is -2.14. The molecular weight excluding hydrogens is 438 g/mol. The van der Waals surface area contributed by atoms with E-state index in [9.17, 15) is 5.11 Å². The topological polar surface area (TPSA) is 77.4 Å². The van der Waals surface area contributed by atoms with Gasteiger partial charge in [0, 0.05) is 24.3 Å². The van der Waals surface area contributed by atoms with Gasteiger partial charge in [-0.1, -0.05) is 71.8 Å². The van der Waals surface area contributed by atoms with E-state index in [1.54, 1.807) is 25.3 Å². The van der Waals surface area contributed by atoms with Crippen molar-refractivity contribution in [3.63, 3.8) is 0 Å². The van der Waals surface area contributed by atoms with Crippen LogP contribution in [0.1, 0.15) is 18.1 Å². The van der Waals surface area contributed by atoms with Crippen LogP contribution in [0.2, 0.25) is 0 Å². The van der Waals surface area contributed by atoms with Gasteiger partial charge in [-0.05, 0) is 32.9 Å². The fraction of sp³-hybridized carbons (Fsp3) is 0.207. The van der Waals surface area contributed by atoms with Crippen LogP contribution >= 0.6 is 0 Å². The lowest BCUT2D eigenvalue weighted by molar-refractivity contribution is 0.0915. The summed E-state index contributed by atoms with van der Waals surface area (Å²) in [5.74, 6) is 2.03.